The number of nitrogens with one attached hydrogen (secondary N) is 1. The van der Waals surface area contributed by atoms with Crippen molar-refractivity contribution in [1.29, 1.82) is 0 Å². The maximum absolute atomic E-state index is 12.0. The molecule has 0 bridgehead atoms. The van der Waals surface area contributed by atoms with Gasteiger partial charge in [-0.25, -0.2) is 9.59 Å². The summed E-state index contributed by atoms with van der Waals surface area (Å²) in [7, 11) is 0. The normalized spacial score (nSPS) is 21.4. The zero-order chi connectivity index (χ0) is 13.9. The Kier molecular flexibility index (Phi) is 4.59. The van der Waals surface area contributed by atoms with Crippen LogP contribution < -0.4 is 5.32 Å². The number of aliphatic carboxylic acids is 1. The van der Waals surface area contributed by atoms with Crippen molar-refractivity contribution in [3.63, 3.8) is 0 Å². The second-order valence-electron chi connectivity index (χ2n) is 5.99. The number of carbonyl (C=O) groups is 2. The molecular formula is C13H24N2O3. The van der Waals surface area contributed by atoms with Gasteiger partial charge in [0, 0.05) is 13.1 Å². The summed E-state index contributed by atoms with van der Waals surface area (Å²) in [5.74, 6) is -1.03. The van der Waals surface area contributed by atoms with Gasteiger partial charge in [-0.1, -0.05) is 34.1 Å². The minimum absolute atomic E-state index is 0.0675. The van der Waals surface area contributed by atoms with Gasteiger partial charge in [0.05, 0.1) is 0 Å². The molecule has 0 aromatic rings. The van der Waals surface area contributed by atoms with E-state index in [9.17, 15) is 9.59 Å². The van der Waals surface area contributed by atoms with Gasteiger partial charge in [-0.2, -0.15) is 0 Å². The first kappa shape index (κ1) is 14.8. The maximum Gasteiger partial charge on any atom is 0.326 e. The standard InChI is InChI=1S/C13H24N2O3/c1-5-9(2)10(11(16)17)14-12(18)15-7-6-13(3,4)8-15/h9-10H,5-8H2,1-4H3,(H,14,18)(H,16,17)/t9?,10-/m0/s1. The maximum atomic E-state index is 12.0. The Balaban J connectivity index is 2.60. The lowest BCUT2D eigenvalue weighted by Gasteiger charge is -2.25. The highest BCUT2D eigenvalue weighted by atomic mass is 16.4. The van der Waals surface area contributed by atoms with Crippen LogP contribution in [0.4, 0.5) is 4.79 Å². The third-order valence-electron chi connectivity index (χ3n) is 3.72. The fourth-order valence-corrected chi connectivity index (χ4v) is 2.19. The lowest BCUT2D eigenvalue weighted by molar-refractivity contribution is -0.140. The van der Waals surface area contributed by atoms with Crippen molar-refractivity contribution in [2.75, 3.05) is 13.1 Å². The van der Waals surface area contributed by atoms with E-state index < -0.39 is 12.0 Å². The molecule has 5 heteroatoms. The Morgan fingerprint density at radius 2 is 2.06 bits per heavy atom. The van der Waals surface area contributed by atoms with Crippen molar-refractivity contribution < 1.29 is 14.7 Å². The summed E-state index contributed by atoms with van der Waals surface area (Å²) < 4.78 is 0. The summed E-state index contributed by atoms with van der Waals surface area (Å²) >= 11 is 0. The minimum Gasteiger partial charge on any atom is -0.480 e. The number of carboxylic acids is 1. The number of amides is 2. The van der Waals surface area contributed by atoms with Crippen LogP contribution in [0, 0.1) is 11.3 Å². The summed E-state index contributed by atoms with van der Waals surface area (Å²) in [6, 6.07) is -1.06. The van der Waals surface area contributed by atoms with Crippen molar-refractivity contribution in [3.05, 3.63) is 0 Å². The van der Waals surface area contributed by atoms with Crippen LogP contribution in [0.5, 0.6) is 0 Å². The van der Waals surface area contributed by atoms with Gasteiger partial charge < -0.3 is 15.3 Å². The van der Waals surface area contributed by atoms with Gasteiger partial charge in [0.15, 0.2) is 0 Å². The number of rotatable bonds is 4. The molecule has 1 fully saturated rings. The molecule has 2 N–H and O–H groups in total. The topological polar surface area (TPSA) is 69.6 Å². The van der Waals surface area contributed by atoms with E-state index in [2.05, 4.69) is 19.2 Å². The summed E-state index contributed by atoms with van der Waals surface area (Å²) in [6.45, 7) is 9.38. The Morgan fingerprint density at radius 3 is 2.44 bits per heavy atom. The third kappa shape index (κ3) is 3.62. The quantitative estimate of drug-likeness (QED) is 0.807. The molecule has 5 nitrogen and oxygen atoms in total. The second-order valence-corrected chi connectivity index (χ2v) is 5.99. The molecule has 0 saturated carbocycles. The number of hydrogen-bond donors (Lipinski definition) is 2. The molecule has 0 radical (unpaired) electrons. The number of urea groups is 1. The molecule has 0 spiro atoms. The molecule has 104 valence electrons. The van der Waals surface area contributed by atoms with E-state index in [0.29, 0.717) is 13.1 Å². The predicted molar refractivity (Wildman–Crippen MR) is 69.4 cm³/mol. The highest BCUT2D eigenvalue weighted by Gasteiger charge is 2.34. The fourth-order valence-electron chi connectivity index (χ4n) is 2.19. The van der Waals surface area contributed by atoms with Crippen molar-refractivity contribution >= 4 is 12.0 Å². The molecular weight excluding hydrogens is 232 g/mol. The van der Waals surface area contributed by atoms with E-state index in [1.165, 1.54) is 0 Å². The van der Waals surface area contributed by atoms with Gasteiger partial charge >= 0.3 is 12.0 Å². The van der Waals surface area contributed by atoms with Crippen molar-refractivity contribution in [3.8, 4) is 0 Å². The van der Waals surface area contributed by atoms with E-state index in [0.717, 1.165) is 12.8 Å². The van der Waals surface area contributed by atoms with E-state index in [-0.39, 0.29) is 17.4 Å². The van der Waals surface area contributed by atoms with Crippen LogP contribution in [0.25, 0.3) is 0 Å². The number of hydrogen-bond acceptors (Lipinski definition) is 2. The first-order valence-electron chi connectivity index (χ1n) is 6.55. The smallest absolute Gasteiger partial charge is 0.326 e. The van der Waals surface area contributed by atoms with Crippen LogP contribution in [0.15, 0.2) is 0 Å². The predicted octanol–water partition coefficient (Wildman–Crippen LogP) is 1.93. The highest BCUT2D eigenvalue weighted by molar-refractivity contribution is 5.83. The number of nitrogens with zero attached hydrogens (tertiary/aromatic N) is 1. The summed E-state index contributed by atoms with van der Waals surface area (Å²) in [6.07, 6.45) is 1.68. The van der Waals surface area contributed by atoms with Crippen LogP contribution in [0.2, 0.25) is 0 Å². The molecule has 0 aromatic heterocycles. The average Bonchev–Trinajstić information content (AvgIpc) is 2.64. The molecule has 1 aliphatic heterocycles. The molecule has 0 aliphatic carbocycles. The first-order valence-corrected chi connectivity index (χ1v) is 6.55. The van der Waals surface area contributed by atoms with Gasteiger partial charge in [-0.15, -0.1) is 0 Å². The van der Waals surface area contributed by atoms with E-state index in [1.54, 1.807) is 4.90 Å². The summed E-state index contributed by atoms with van der Waals surface area (Å²) in [5, 5.41) is 11.8. The van der Waals surface area contributed by atoms with Crippen LogP contribution in [-0.2, 0) is 4.79 Å². The number of carboxylic acid groups (broad SMARTS) is 1. The summed E-state index contributed by atoms with van der Waals surface area (Å²) in [4.78, 5) is 24.9. The average molecular weight is 256 g/mol. The molecule has 2 atom stereocenters. The number of likely N-dealkylation sites (tertiary alicyclic amines) is 1. The minimum atomic E-state index is -0.962. The molecule has 1 saturated heterocycles. The number of carbonyl (C=O) groups excluding carboxylic acids is 1. The van der Waals surface area contributed by atoms with Crippen LogP contribution >= 0.6 is 0 Å². The zero-order valence-electron chi connectivity index (χ0n) is 11.7. The third-order valence-corrected chi connectivity index (χ3v) is 3.72. The second kappa shape index (κ2) is 5.59. The Hall–Kier alpha value is -1.26. The summed E-state index contributed by atoms with van der Waals surface area (Å²) in [5.41, 5.74) is 0.131. The molecule has 1 heterocycles. The fraction of sp³-hybridized carbons (Fsp3) is 0.846. The molecule has 1 aliphatic rings. The van der Waals surface area contributed by atoms with Crippen molar-refractivity contribution in [1.82, 2.24) is 10.2 Å². The van der Waals surface area contributed by atoms with Crippen molar-refractivity contribution in [2.45, 2.75) is 46.6 Å². The van der Waals surface area contributed by atoms with Gasteiger partial charge in [-0.3, -0.25) is 0 Å². The Bertz CT molecular complexity index is 328. The van der Waals surface area contributed by atoms with Gasteiger partial charge in [0.2, 0.25) is 0 Å². The highest BCUT2D eigenvalue weighted by Crippen LogP contribution is 2.28. The molecule has 2 amide bonds. The van der Waals surface area contributed by atoms with Gasteiger partial charge in [0.1, 0.15) is 6.04 Å². The first-order chi connectivity index (χ1) is 8.26. The molecule has 1 unspecified atom stereocenters. The Morgan fingerprint density at radius 1 is 1.44 bits per heavy atom. The van der Waals surface area contributed by atoms with Crippen LogP contribution in [0.3, 0.4) is 0 Å². The van der Waals surface area contributed by atoms with Crippen LogP contribution in [0.1, 0.15) is 40.5 Å². The lowest BCUT2D eigenvalue weighted by atomic mass is 9.93. The van der Waals surface area contributed by atoms with Crippen LogP contribution in [-0.4, -0.2) is 41.1 Å². The molecule has 18 heavy (non-hydrogen) atoms. The van der Waals surface area contributed by atoms with E-state index >= 15 is 0 Å². The molecule has 0 aromatic carbocycles. The lowest BCUT2D eigenvalue weighted by Crippen LogP contribution is -2.50. The van der Waals surface area contributed by atoms with Gasteiger partial charge in [-0.05, 0) is 17.8 Å². The van der Waals surface area contributed by atoms with Gasteiger partial charge in [0.25, 0.3) is 0 Å². The van der Waals surface area contributed by atoms with E-state index in [4.69, 9.17) is 5.11 Å². The Labute approximate surface area is 109 Å². The SMILES string of the molecule is CCC(C)[C@H](NC(=O)N1CCC(C)(C)C1)C(=O)O. The monoisotopic (exact) mass is 256 g/mol. The zero-order valence-corrected chi connectivity index (χ0v) is 11.7. The van der Waals surface area contributed by atoms with E-state index in [1.807, 2.05) is 13.8 Å². The molecule has 1 rings (SSSR count). The van der Waals surface area contributed by atoms with Crippen molar-refractivity contribution in [2.24, 2.45) is 11.3 Å². The largest absolute Gasteiger partial charge is 0.480 e.